The van der Waals surface area contributed by atoms with E-state index in [1.807, 2.05) is 24.3 Å². The largest absolute Gasteiger partial charge is 0.485 e. The number of nitrogens with zero attached hydrogens (tertiary/aromatic N) is 1. The first kappa shape index (κ1) is 24.6. The van der Waals surface area contributed by atoms with E-state index in [2.05, 4.69) is 36.5 Å². The van der Waals surface area contributed by atoms with Crippen molar-refractivity contribution < 1.29 is 27.8 Å². The molecule has 5 rings (SSSR count). The molecule has 2 N–H and O–H groups in total. The second kappa shape index (κ2) is 9.78. The zero-order chi connectivity index (χ0) is 26.2. The minimum atomic E-state index is -4.76. The van der Waals surface area contributed by atoms with E-state index in [1.54, 1.807) is 23.1 Å². The Morgan fingerprint density at radius 3 is 2.57 bits per heavy atom. The van der Waals surface area contributed by atoms with Crippen LogP contribution in [0.2, 0.25) is 0 Å². The van der Waals surface area contributed by atoms with Crippen LogP contribution in [0.4, 0.5) is 24.5 Å². The number of ether oxygens (including phenoxy) is 1. The maximum Gasteiger partial charge on any atom is 0.417 e. The molecule has 37 heavy (non-hydrogen) atoms. The molecule has 1 aliphatic heterocycles. The first-order valence-electron chi connectivity index (χ1n) is 11.9. The van der Waals surface area contributed by atoms with Crippen molar-refractivity contribution in [2.24, 2.45) is 0 Å². The minimum absolute atomic E-state index is 0.0185. The fraction of sp³-hybridized carbons (Fsp3) is 0.207. The predicted octanol–water partition coefficient (Wildman–Crippen LogP) is 6.81. The van der Waals surface area contributed by atoms with Crippen molar-refractivity contribution >= 4 is 28.1 Å². The van der Waals surface area contributed by atoms with Crippen LogP contribution in [0.3, 0.4) is 0 Å². The lowest BCUT2D eigenvalue weighted by Crippen LogP contribution is -2.44. The molecular formula is C29H25F3N2O3. The zero-order valence-corrected chi connectivity index (χ0v) is 20.0. The maximum atomic E-state index is 13.4. The average Bonchev–Trinajstić information content (AvgIpc) is 2.90. The molecule has 0 bridgehead atoms. The number of rotatable bonds is 6. The van der Waals surface area contributed by atoms with Crippen molar-refractivity contribution in [3.8, 4) is 5.75 Å². The number of fused-ring (bicyclic) bond motifs is 2. The van der Waals surface area contributed by atoms with Crippen LogP contribution in [-0.2, 0) is 6.18 Å². The lowest BCUT2D eigenvalue weighted by molar-refractivity contribution is -0.138. The highest BCUT2D eigenvalue weighted by atomic mass is 19.4. The SMILES string of the molecule is CC(NCC1CN(c2ccc(C(F)(F)F)c(C(=O)O)c2)c2ccccc2O1)c1cccc2ccccc12. The number of para-hydroxylation sites is 2. The van der Waals surface area contributed by atoms with Gasteiger partial charge in [-0.3, -0.25) is 0 Å². The van der Waals surface area contributed by atoms with Crippen molar-refractivity contribution in [3.63, 3.8) is 0 Å². The van der Waals surface area contributed by atoms with E-state index < -0.39 is 23.3 Å². The monoisotopic (exact) mass is 506 g/mol. The quantitative estimate of drug-likeness (QED) is 0.301. The zero-order valence-electron chi connectivity index (χ0n) is 20.0. The van der Waals surface area contributed by atoms with Crippen molar-refractivity contribution in [3.05, 3.63) is 102 Å². The summed E-state index contributed by atoms with van der Waals surface area (Å²) in [6.45, 7) is 2.88. The van der Waals surface area contributed by atoms with E-state index in [-0.39, 0.29) is 12.1 Å². The highest BCUT2D eigenvalue weighted by molar-refractivity contribution is 5.91. The van der Waals surface area contributed by atoms with Gasteiger partial charge in [-0.05, 0) is 53.6 Å². The summed E-state index contributed by atoms with van der Waals surface area (Å²) in [4.78, 5) is 13.5. The van der Waals surface area contributed by atoms with Crippen LogP contribution in [0.1, 0.15) is 34.5 Å². The van der Waals surface area contributed by atoms with Crippen LogP contribution in [0, 0.1) is 0 Å². The lowest BCUT2D eigenvalue weighted by Gasteiger charge is -2.37. The van der Waals surface area contributed by atoms with Crippen molar-refractivity contribution in [2.45, 2.75) is 25.2 Å². The number of carbonyl (C=O) groups is 1. The molecule has 2 atom stereocenters. The minimum Gasteiger partial charge on any atom is -0.485 e. The van der Waals surface area contributed by atoms with Crippen LogP contribution in [0.5, 0.6) is 5.75 Å². The molecule has 0 radical (unpaired) electrons. The Morgan fingerprint density at radius 1 is 1.05 bits per heavy atom. The fourth-order valence-corrected chi connectivity index (χ4v) is 4.82. The first-order valence-corrected chi connectivity index (χ1v) is 11.9. The van der Waals surface area contributed by atoms with Crippen LogP contribution in [-0.4, -0.2) is 30.3 Å². The molecule has 0 amide bonds. The number of aromatic carboxylic acids is 1. The van der Waals surface area contributed by atoms with Crippen LogP contribution >= 0.6 is 0 Å². The van der Waals surface area contributed by atoms with E-state index in [0.29, 0.717) is 30.2 Å². The Balaban J connectivity index is 1.41. The second-order valence-electron chi connectivity index (χ2n) is 9.05. The third-order valence-electron chi connectivity index (χ3n) is 6.63. The third kappa shape index (κ3) is 4.97. The molecule has 190 valence electrons. The van der Waals surface area contributed by atoms with Gasteiger partial charge in [0.15, 0.2) is 0 Å². The Labute approximate surface area is 212 Å². The van der Waals surface area contributed by atoms with E-state index in [1.165, 1.54) is 6.07 Å². The van der Waals surface area contributed by atoms with Gasteiger partial charge in [-0.2, -0.15) is 13.2 Å². The summed E-state index contributed by atoms with van der Waals surface area (Å²) in [5.41, 5.74) is 0.214. The summed E-state index contributed by atoms with van der Waals surface area (Å²) in [5.74, 6) is -1.05. The number of halogens is 3. The third-order valence-corrected chi connectivity index (χ3v) is 6.63. The summed E-state index contributed by atoms with van der Waals surface area (Å²) in [5, 5.41) is 15.3. The van der Waals surface area contributed by atoms with Gasteiger partial charge in [0, 0.05) is 18.3 Å². The molecule has 4 aromatic rings. The summed E-state index contributed by atoms with van der Waals surface area (Å²) >= 11 is 0. The predicted molar refractivity (Wildman–Crippen MR) is 137 cm³/mol. The van der Waals surface area contributed by atoms with Crippen molar-refractivity contribution in [1.82, 2.24) is 5.32 Å². The lowest BCUT2D eigenvalue weighted by atomic mass is 9.99. The number of nitrogens with one attached hydrogen (secondary N) is 1. The molecular weight excluding hydrogens is 481 g/mol. The van der Waals surface area contributed by atoms with E-state index in [4.69, 9.17) is 4.74 Å². The van der Waals surface area contributed by atoms with Gasteiger partial charge in [0.25, 0.3) is 0 Å². The van der Waals surface area contributed by atoms with Crippen LogP contribution in [0.25, 0.3) is 10.8 Å². The van der Waals surface area contributed by atoms with Gasteiger partial charge in [-0.1, -0.05) is 54.6 Å². The standard InChI is InChI=1S/C29H25F3N2O3/c1-18(22-10-6-8-19-7-2-3-9-23(19)22)33-16-21-17-34(26-11-4-5-12-27(26)37-21)20-13-14-25(29(30,31)32)24(15-20)28(35)36/h2-15,18,21,33H,16-17H2,1H3,(H,35,36). The normalized spacial score (nSPS) is 16.2. The van der Waals surface area contributed by atoms with Gasteiger partial charge in [-0.15, -0.1) is 0 Å². The second-order valence-corrected chi connectivity index (χ2v) is 9.05. The van der Waals surface area contributed by atoms with Gasteiger partial charge in [-0.25, -0.2) is 4.79 Å². The van der Waals surface area contributed by atoms with E-state index in [9.17, 15) is 23.1 Å². The summed E-state index contributed by atoms with van der Waals surface area (Å²) < 4.78 is 46.4. The molecule has 5 nitrogen and oxygen atoms in total. The smallest absolute Gasteiger partial charge is 0.417 e. The molecule has 0 aromatic heterocycles. The van der Waals surface area contributed by atoms with Crippen molar-refractivity contribution in [2.75, 3.05) is 18.0 Å². The van der Waals surface area contributed by atoms with E-state index in [0.717, 1.165) is 28.5 Å². The number of carboxylic acids is 1. The number of benzene rings is 4. The van der Waals surface area contributed by atoms with Crippen LogP contribution in [0.15, 0.2) is 84.9 Å². The Morgan fingerprint density at radius 2 is 1.78 bits per heavy atom. The molecule has 0 spiro atoms. The van der Waals surface area contributed by atoms with Gasteiger partial charge in [0.1, 0.15) is 11.9 Å². The molecule has 4 aromatic carbocycles. The average molecular weight is 507 g/mol. The highest BCUT2D eigenvalue weighted by Gasteiger charge is 2.36. The molecule has 2 unspecified atom stereocenters. The van der Waals surface area contributed by atoms with Gasteiger partial charge in [0.05, 0.1) is 23.4 Å². The number of carboxylic acid groups (broad SMARTS) is 1. The highest BCUT2D eigenvalue weighted by Crippen LogP contribution is 2.40. The molecule has 0 saturated heterocycles. The first-order chi connectivity index (χ1) is 17.7. The molecule has 1 heterocycles. The van der Waals surface area contributed by atoms with E-state index >= 15 is 0 Å². The summed E-state index contributed by atoms with van der Waals surface area (Å²) in [6, 6.07) is 24.8. The molecule has 0 fully saturated rings. The van der Waals surface area contributed by atoms with Gasteiger partial charge >= 0.3 is 12.1 Å². The summed E-state index contributed by atoms with van der Waals surface area (Å²) in [6.07, 6.45) is -5.10. The number of hydrogen-bond donors (Lipinski definition) is 2. The molecule has 0 saturated carbocycles. The Kier molecular flexibility index (Phi) is 6.52. The molecule has 0 aliphatic carbocycles. The number of alkyl halides is 3. The number of anilines is 2. The van der Waals surface area contributed by atoms with Crippen molar-refractivity contribution in [1.29, 1.82) is 0 Å². The maximum absolute atomic E-state index is 13.4. The van der Waals surface area contributed by atoms with Crippen LogP contribution < -0.4 is 15.0 Å². The fourth-order valence-electron chi connectivity index (χ4n) is 4.82. The molecule has 1 aliphatic rings. The Hall–Kier alpha value is -4.04. The molecule has 8 heteroatoms. The van der Waals surface area contributed by atoms with Gasteiger partial charge in [0.2, 0.25) is 0 Å². The number of hydrogen-bond acceptors (Lipinski definition) is 4. The topological polar surface area (TPSA) is 61.8 Å². The van der Waals surface area contributed by atoms with Gasteiger partial charge < -0.3 is 20.1 Å². The summed E-state index contributed by atoms with van der Waals surface area (Å²) in [7, 11) is 0. The Bertz CT molecular complexity index is 1450.